The number of aryl methyl sites for hydroxylation is 1. The molecule has 1 N–H and O–H groups in total. The zero-order valence-electron chi connectivity index (χ0n) is 12.5. The number of carbonyl (C=O) groups excluding carboxylic acids is 1. The molecule has 2 rings (SSSR count). The lowest BCUT2D eigenvalue weighted by atomic mass is 10.2. The second kappa shape index (κ2) is 7.92. The maximum Gasteiger partial charge on any atom is 0.224 e. The van der Waals surface area contributed by atoms with Crippen LogP contribution in [0.4, 0.5) is 14.5 Å². The van der Waals surface area contributed by atoms with Crippen LogP contribution in [-0.4, -0.2) is 12.5 Å². The summed E-state index contributed by atoms with van der Waals surface area (Å²) in [5, 5.41) is 2.97. The van der Waals surface area contributed by atoms with Crippen LogP contribution in [0.1, 0.15) is 18.4 Å². The van der Waals surface area contributed by atoms with Gasteiger partial charge in [-0.15, -0.1) is 0 Å². The number of nitrogens with one attached hydrogen (secondary N) is 1. The SMILES string of the molecule is Cc1cc(Cl)ccc1OCCCC(=O)Nc1cc(F)ccc1F. The minimum atomic E-state index is -0.673. The first kappa shape index (κ1) is 17.2. The van der Waals surface area contributed by atoms with Gasteiger partial charge in [0.2, 0.25) is 5.91 Å². The molecule has 0 aliphatic carbocycles. The first-order chi connectivity index (χ1) is 11.0. The molecule has 1 amide bonds. The fourth-order valence-electron chi connectivity index (χ4n) is 2.00. The molecule has 6 heteroatoms. The molecule has 2 aromatic carbocycles. The normalized spacial score (nSPS) is 10.4. The quantitative estimate of drug-likeness (QED) is 0.773. The topological polar surface area (TPSA) is 38.3 Å². The summed E-state index contributed by atoms with van der Waals surface area (Å²) in [5.41, 5.74) is 0.744. The molecule has 0 fully saturated rings. The van der Waals surface area contributed by atoms with Gasteiger partial charge in [0.15, 0.2) is 0 Å². The van der Waals surface area contributed by atoms with E-state index in [0.717, 1.165) is 23.8 Å². The summed E-state index contributed by atoms with van der Waals surface area (Å²) in [6.07, 6.45) is 0.591. The van der Waals surface area contributed by atoms with Crippen molar-refractivity contribution >= 4 is 23.2 Å². The minimum absolute atomic E-state index is 0.141. The predicted octanol–water partition coefficient (Wildman–Crippen LogP) is 4.72. The highest BCUT2D eigenvalue weighted by Crippen LogP contribution is 2.22. The summed E-state index contributed by atoms with van der Waals surface area (Å²) in [5.74, 6) is -0.979. The van der Waals surface area contributed by atoms with Gasteiger partial charge in [-0.2, -0.15) is 0 Å². The molecule has 0 unspecified atom stereocenters. The van der Waals surface area contributed by atoms with Gasteiger partial charge in [0.25, 0.3) is 0 Å². The third kappa shape index (κ3) is 5.21. The van der Waals surface area contributed by atoms with Crippen molar-refractivity contribution in [2.24, 2.45) is 0 Å². The Bertz CT molecular complexity index is 707. The Kier molecular flexibility index (Phi) is 5.93. The molecule has 0 aromatic heterocycles. The Balaban J connectivity index is 1.77. The van der Waals surface area contributed by atoms with Crippen LogP contribution in [0.5, 0.6) is 5.75 Å². The summed E-state index contributed by atoms with van der Waals surface area (Å²) in [7, 11) is 0. The number of benzene rings is 2. The molecule has 0 saturated heterocycles. The van der Waals surface area contributed by atoms with Crippen molar-refractivity contribution in [3.63, 3.8) is 0 Å². The third-order valence-electron chi connectivity index (χ3n) is 3.15. The van der Waals surface area contributed by atoms with E-state index in [-0.39, 0.29) is 12.1 Å². The maximum absolute atomic E-state index is 13.4. The lowest BCUT2D eigenvalue weighted by Crippen LogP contribution is -2.14. The van der Waals surface area contributed by atoms with Crippen molar-refractivity contribution in [1.82, 2.24) is 0 Å². The fourth-order valence-corrected chi connectivity index (χ4v) is 2.22. The molecule has 2 aromatic rings. The number of rotatable bonds is 6. The maximum atomic E-state index is 13.4. The van der Waals surface area contributed by atoms with Crippen molar-refractivity contribution < 1.29 is 18.3 Å². The van der Waals surface area contributed by atoms with Crippen LogP contribution >= 0.6 is 11.6 Å². The first-order valence-electron chi connectivity index (χ1n) is 7.09. The van der Waals surface area contributed by atoms with Crippen LogP contribution in [0, 0.1) is 18.6 Å². The summed E-state index contributed by atoms with van der Waals surface area (Å²) < 4.78 is 32.0. The Hall–Kier alpha value is -2.14. The summed E-state index contributed by atoms with van der Waals surface area (Å²) in [6.45, 7) is 2.21. The van der Waals surface area contributed by atoms with E-state index in [0.29, 0.717) is 23.8 Å². The number of ether oxygens (including phenoxy) is 1. The molecule has 0 spiro atoms. The van der Waals surface area contributed by atoms with Gasteiger partial charge < -0.3 is 10.1 Å². The first-order valence-corrected chi connectivity index (χ1v) is 7.47. The van der Waals surface area contributed by atoms with Crippen LogP contribution in [0.15, 0.2) is 36.4 Å². The molecule has 3 nitrogen and oxygen atoms in total. The van der Waals surface area contributed by atoms with E-state index in [4.69, 9.17) is 16.3 Å². The van der Waals surface area contributed by atoms with Crippen LogP contribution in [0.3, 0.4) is 0 Å². The van der Waals surface area contributed by atoms with Crippen LogP contribution in [0.25, 0.3) is 0 Å². The fraction of sp³-hybridized carbons (Fsp3) is 0.235. The van der Waals surface area contributed by atoms with E-state index < -0.39 is 17.5 Å². The average molecular weight is 340 g/mol. The Morgan fingerprint density at radius 2 is 2.00 bits per heavy atom. The third-order valence-corrected chi connectivity index (χ3v) is 3.38. The summed E-state index contributed by atoms with van der Waals surface area (Å²) in [6, 6.07) is 8.19. The number of anilines is 1. The zero-order chi connectivity index (χ0) is 16.8. The number of hydrogen-bond donors (Lipinski definition) is 1. The monoisotopic (exact) mass is 339 g/mol. The van der Waals surface area contributed by atoms with Crippen molar-refractivity contribution in [2.45, 2.75) is 19.8 Å². The molecule has 122 valence electrons. The molecule has 0 saturated carbocycles. The van der Waals surface area contributed by atoms with Crippen molar-refractivity contribution in [3.05, 3.63) is 58.6 Å². The smallest absolute Gasteiger partial charge is 0.224 e. The van der Waals surface area contributed by atoms with Gasteiger partial charge in [-0.05, 0) is 49.2 Å². The van der Waals surface area contributed by atoms with Gasteiger partial charge in [0.05, 0.1) is 12.3 Å². The van der Waals surface area contributed by atoms with E-state index in [1.165, 1.54) is 0 Å². The molecular weight excluding hydrogens is 324 g/mol. The lowest BCUT2D eigenvalue weighted by Gasteiger charge is -2.10. The van der Waals surface area contributed by atoms with Crippen molar-refractivity contribution in [1.29, 1.82) is 0 Å². The Labute approximate surface area is 138 Å². The molecule has 23 heavy (non-hydrogen) atoms. The summed E-state index contributed by atoms with van der Waals surface area (Å²) >= 11 is 5.85. The molecule has 0 aliphatic heterocycles. The lowest BCUT2D eigenvalue weighted by molar-refractivity contribution is -0.116. The van der Waals surface area contributed by atoms with Crippen LogP contribution in [0.2, 0.25) is 5.02 Å². The van der Waals surface area contributed by atoms with E-state index in [1.807, 2.05) is 6.92 Å². The second-order valence-electron chi connectivity index (χ2n) is 5.03. The molecule has 0 radical (unpaired) electrons. The zero-order valence-corrected chi connectivity index (χ0v) is 13.3. The predicted molar refractivity (Wildman–Crippen MR) is 85.9 cm³/mol. The van der Waals surface area contributed by atoms with E-state index in [1.54, 1.807) is 18.2 Å². The van der Waals surface area contributed by atoms with Gasteiger partial charge in [-0.25, -0.2) is 8.78 Å². The van der Waals surface area contributed by atoms with E-state index in [2.05, 4.69) is 5.32 Å². The van der Waals surface area contributed by atoms with Gasteiger partial charge in [0.1, 0.15) is 17.4 Å². The van der Waals surface area contributed by atoms with E-state index in [9.17, 15) is 13.6 Å². The van der Waals surface area contributed by atoms with E-state index >= 15 is 0 Å². The average Bonchev–Trinajstić information content (AvgIpc) is 2.49. The van der Waals surface area contributed by atoms with Crippen LogP contribution in [-0.2, 0) is 4.79 Å². The second-order valence-corrected chi connectivity index (χ2v) is 5.47. The Morgan fingerprint density at radius 1 is 1.22 bits per heavy atom. The number of hydrogen-bond acceptors (Lipinski definition) is 2. The van der Waals surface area contributed by atoms with Gasteiger partial charge in [0, 0.05) is 17.5 Å². The highest BCUT2D eigenvalue weighted by atomic mass is 35.5. The number of halogens is 3. The largest absolute Gasteiger partial charge is 0.493 e. The van der Waals surface area contributed by atoms with Gasteiger partial charge >= 0.3 is 0 Å². The molecular formula is C17H16ClF2NO2. The Morgan fingerprint density at radius 3 is 2.74 bits per heavy atom. The van der Waals surface area contributed by atoms with Crippen molar-refractivity contribution in [2.75, 3.05) is 11.9 Å². The number of carbonyl (C=O) groups is 1. The molecule has 0 heterocycles. The van der Waals surface area contributed by atoms with Crippen LogP contribution < -0.4 is 10.1 Å². The highest BCUT2D eigenvalue weighted by Gasteiger charge is 2.08. The molecule has 0 atom stereocenters. The van der Waals surface area contributed by atoms with Gasteiger partial charge in [-0.1, -0.05) is 11.6 Å². The van der Waals surface area contributed by atoms with Crippen molar-refractivity contribution in [3.8, 4) is 5.75 Å². The highest BCUT2D eigenvalue weighted by molar-refractivity contribution is 6.30. The minimum Gasteiger partial charge on any atom is -0.493 e. The molecule has 0 bridgehead atoms. The number of amides is 1. The standard InChI is InChI=1S/C17H16ClF2NO2/c1-11-9-12(18)4-7-16(11)23-8-2-3-17(22)21-15-10-13(19)5-6-14(15)20/h4-7,9-10H,2-3,8H2,1H3,(H,21,22). The van der Waals surface area contributed by atoms with Gasteiger partial charge in [-0.3, -0.25) is 4.79 Å². The molecule has 0 aliphatic rings. The summed E-state index contributed by atoms with van der Waals surface area (Å²) in [4.78, 5) is 11.7.